The average molecular weight is 293 g/mol. The molecular weight excluding hydrogens is 286 g/mol. The van der Waals surface area contributed by atoms with Crippen LogP contribution in [0.3, 0.4) is 0 Å². The molecule has 0 atom stereocenters. The maximum atomic E-state index is 12.2. The van der Waals surface area contributed by atoms with Crippen LogP contribution in [-0.2, 0) is 6.61 Å². The fraction of sp³-hybridized carbons (Fsp3) is 0.200. The van der Waals surface area contributed by atoms with E-state index < -0.39 is 6.61 Å². The number of pyridine rings is 1. The molecule has 2 heterocycles. The van der Waals surface area contributed by atoms with E-state index in [-0.39, 0.29) is 23.1 Å². The second-order valence-electron chi connectivity index (χ2n) is 3.17. The van der Waals surface area contributed by atoms with Gasteiger partial charge in [0.15, 0.2) is 0 Å². The van der Waals surface area contributed by atoms with Crippen molar-refractivity contribution in [1.82, 2.24) is 9.97 Å². The van der Waals surface area contributed by atoms with Crippen molar-refractivity contribution in [2.75, 3.05) is 0 Å². The zero-order chi connectivity index (χ0) is 13.1. The Hall–Kier alpha value is -1.31. The van der Waals surface area contributed by atoms with E-state index in [4.69, 9.17) is 16.7 Å². The van der Waals surface area contributed by atoms with Gasteiger partial charge >= 0.3 is 6.61 Å². The molecule has 0 radical (unpaired) electrons. The number of thiazole rings is 1. The van der Waals surface area contributed by atoms with Gasteiger partial charge in [-0.2, -0.15) is 8.78 Å². The molecule has 0 aromatic carbocycles. The van der Waals surface area contributed by atoms with E-state index >= 15 is 0 Å². The molecule has 0 saturated carbocycles. The number of alkyl halides is 2. The van der Waals surface area contributed by atoms with E-state index in [1.54, 1.807) is 0 Å². The number of rotatable bonds is 4. The van der Waals surface area contributed by atoms with Crippen molar-refractivity contribution in [3.05, 3.63) is 28.4 Å². The maximum Gasteiger partial charge on any atom is 0.388 e. The lowest BCUT2D eigenvalue weighted by Crippen LogP contribution is -2.04. The van der Waals surface area contributed by atoms with Crippen LogP contribution in [0, 0.1) is 0 Å². The summed E-state index contributed by atoms with van der Waals surface area (Å²) in [4.78, 5) is 8.31. The molecule has 0 fully saturated rings. The van der Waals surface area contributed by atoms with Crippen LogP contribution in [0.2, 0.25) is 5.02 Å². The van der Waals surface area contributed by atoms with Gasteiger partial charge in [0.05, 0.1) is 22.1 Å². The number of aliphatic hydroxyl groups excluding tert-OH is 1. The largest absolute Gasteiger partial charge is 0.416 e. The molecule has 0 unspecified atom stereocenters. The Balaban J connectivity index is 2.43. The number of aliphatic hydroxyl groups is 1. The van der Waals surface area contributed by atoms with Crippen molar-refractivity contribution < 1.29 is 18.6 Å². The molecule has 0 aliphatic heterocycles. The summed E-state index contributed by atoms with van der Waals surface area (Å²) in [6.07, 6.45) is 2.66. The van der Waals surface area contributed by atoms with Crippen LogP contribution in [0.25, 0.3) is 10.6 Å². The normalized spacial score (nSPS) is 10.9. The number of nitrogens with zero attached hydrogens (tertiary/aromatic N) is 2. The van der Waals surface area contributed by atoms with Crippen LogP contribution in [-0.4, -0.2) is 21.7 Å². The van der Waals surface area contributed by atoms with Crippen molar-refractivity contribution in [2.24, 2.45) is 0 Å². The average Bonchev–Trinajstić information content (AvgIpc) is 2.79. The molecule has 0 saturated heterocycles. The molecular formula is C10H7ClF2N2O2S. The summed E-state index contributed by atoms with van der Waals surface area (Å²) in [5.74, 6) is -0.242. The third kappa shape index (κ3) is 2.92. The fourth-order valence-corrected chi connectivity index (χ4v) is 2.20. The van der Waals surface area contributed by atoms with E-state index in [2.05, 4.69) is 14.7 Å². The summed E-state index contributed by atoms with van der Waals surface area (Å²) in [6.45, 7) is -3.15. The van der Waals surface area contributed by atoms with Gasteiger partial charge in [0.2, 0.25) is 5.88 Å². The van der Waals surface area contributed by atoms with Gasteiger partial charge in [-0.05, 0) is 6.07 Å². The molecule has 18 heavy (non-hydrogen) atoms. The monoisotopic (exact) mass is 292 g/mol. The van der Waals surface area contributed by atoms with Gasteiger partial charge in [-0.15, -0.1) is 11.3 Å². The predicted octanol–water partition coefficient (Wildman–Crippen LogP) is 2.95. The van der Waals surface area contributed by atoms with Gasteiger partial charge in [0, 0.05) is 12.4 Å². The summed E-state index contributed by atoms with van der Waals surface area (Å²) in [6, 6.07) is 1.44. The first-order valence-electron chi connectivity index (χ1n) is 4.76. The van der Waals surface area contributed by atoms with Crippen molar-refractivity contribution >= 4 is 22.9 Å². The molecule has 2 aromatic heterocycles. The minimum Gasteiger partial charge on any atom is -0.416 e. The molecule has 4 nitrogen and oxygen atoms in total. The lowest BCUT2D eigenvalue weighted by molar-refractivity contribution is -0.0524. The Labute approximate surface area is 110 Å². The zero-order valence-corrected chi connectivity index (χ0v) is 10.4. The Bertz CT molecular complexity index is 550. The van der Waals surface area contributed by atoms with Crippen LogP contribution in [0.1, 0.15) is 4.88 Å². The van der Waals surface area contributed by atoms with Crippen LogP contribution < -0.4 is 4.74 Å². The summed E-state index contributed by atoms with van der Waals surface area (Å²) >= 11 is 6.92. The molecule has 8 heteroatoms. The fourth-order valence-electron chi connectivity index (χ4n) is 1.26. The third-order valence-electron chi connectivity index (χ3n) is 1.96. The van der Waals surface area contributed by atoms with Crippen LogP contribution in [0.15, 0.2) is 18.5 Å². The van der Waals surface area contributed by atoms with Crippen molar-refractivity contribution in [1.29, 1.82) is 0 Å². The molecule has 2 aromatic rings. The van der Waals surface area contributed by atoms with Gasteiger partial charge in [-0.3, -0.25) is 0 Å². The van der Waals surface area contributed by atoms with Gasteiger partial charge in [-0.25, -0.2) is 9.97 Å². The molecule has 2 rings (SSSR count). The van der Waals surface area contributed by atoms with Gasteiger partial charge in [0.25, 0.3) is 0 Å². The van der Waals surface area contributed by atoms with Gasteiger partial charge in [0.1, 0.15) is 5.01 Å². The lowest BCUT2D eigenvalue weighted by atomic mass is 10.3. The zero-order valence-electron chi connectivity index (χ0n) is 8.81. The quantitative estimate of drug-likeness (QED) is 0.941. The highest BCUT2D eigenvalue weighted by molar-refractivity contribution is 7.15. The Morgan fingerprint density at radius 3 is 2.78 bits per heavy atom. The van der Waals surface area contributed by atoms with Crippen molar-refractivity contribution in [3.63, 3.8) is 0 Å². The highest BCUT2D eigenvalue weighted by Crippen LogP contribution is 2.34. The van der Waals surface area contributed by atoms with E-state index in [0.29, 0.717) is 9.88 Å². The number of hydrogen-bond acceptors (Lipinski definition) is 5. The van der Waals surface area contributed by atoms with E-state index in [1.807, 2.05) is 0 Å². The summed E-state index contributed by atoms with van der Waals surface area (Å²) < 4.78 is 28.8. The molecule has 0 amide bonds. The second kappa shape index (κ2) is 5.55. The van der Waals surface area contributed by atoms with Crippen LogP contribution >= 0.6 is 22.9 Å². The Kier molecular flexibility index (Phi) is 4.05. The molecule has 1 N–H and O–H groups in total. The molecule has 0 bridgehead atoms. The lowest BCUT2D eigenvalue weighted by Gasteiger charge is -2.07. The molecule has 0 spiro atoms. The van der Waals surface area contributed by atoms with E-state index in [0.717, 1.165) is 11.3 Å². The van der Waals surface area contributed by atoms with Gasteiger partial charge < -0.3 is 9.84 Å². The SMILES string of the molecule is OCc1cnc(-c2cc(Cl)cnc2OC(F)F)s1. The van der Waals surface area contributed by atoms with Crippen molar-refractivity contribution in [2.45, 2.75) is 13.2 Å². The number of halogens is 3. The smallest absolute Gasteiger partial charge is 0.388 e. The van der Waals surface area contributed by atoms with Gasteiger partial charge in [-0.1, -0.05) is 11.6 Å². The van der Waals surface area contributed by atoms with Crippen LogP contribution in [0.4, 0.5) is 8.78 Å². The molecule has 0 aliphatic rings. The van der Waals surface area contributed by atoms with E-state index in [1.165, 1.54) is 18.5 Å². The minimum absolute atomic E-state index is 0.170. The predicted molar refractivity (Wildman–Crippen MR) is 62.9 cm³/mol. The second-order valence-corrected chi connectivity index (χ2v) is 4.73. The van der Waals surface area contributed by atoms with Crippen molar-refractivity contribution in [3.8, 4) is 16.5 Å². The minimum atomic E-state index is -2.98. The number of aromatic nitrogens is 2. The Morgan fingerprint density at radius 1 is 1.39 bits per heavy atom. The first-order valence-corrected chi connectivity index (χ1v) is 5.96. The summed E-state index contributed by atoms with van der Waals surface area (Å²) in [5, 5.41) is 9.64. The van der Waals surface area contributed by atoms with E-state index in [9.17, 15) is 8.78 Å². The first kappa shape index (κ1) is 13.1. The highest BCUT2D eigenvalue weighted by Gasteiger charge is 2.16. The Morgan fingerprint density at radius 2 is 2.17 bits per heavy atom. The summed E-state index contributed by atoms with van der Waals surface area (Å²) in [5.41, 5.74) is 0.271. The number of hydrogen-bond donors (Lipinski definition) is 1. The third-order valence-corrected chi connectivity index (χ3v) is 3.18. The molecule has 0 aliphatic carbocycles. The standard InChI is InChI=1S/C10H7ClF2N2O2S/c11-5-1-7(8(14-2-5)17-10(12)13)9-15-3-6(4-16)18-9/h1-3,10,16H,4H2. The topological polar surface area (TPSA) is 55.2 Å². The summed E-state index contributed by atoms with van der Waals surface area (Å²) in [7, 11) is 0. The maximum absolute atomic E-state index is 12.2. The first-order chi connectivity index (χ1) is 8.60. The van der Waals surface area contributed by atoms with Crippen LogP contribution in [0.5, 0.6) is 5.88 Å². The highest BCUT2D eigenvalue weighted by atomic mass is 35.5. The molecule has 96 valence electrons. The number of ether oxygens (including phenoxy) is 1.